The maximum atomic E-state index is 13.4. The van der Waals surface area contributed by atoms with Crippen LogP contribution < -0.4 is 4.74 Å². The summed E-state index contributed by atoms with van der Waals surface area (Å²) in [6, 6.07) is 21.5. The second-order valence-electron chi connectivity index (χ2n) is 6.17. The zero-order valence-corrected chi connectivity index (χ0v) is 16.0. The lowest BCUT2D eigenvalue weighted by Crippen LogP contribution is -1.95. The summed E-state index contributed by atoms with van der Waals surface area (Å²) in [6.45, 7) is 0. The second kappa shape index (κ2) is 6.73. The number of fused-ring (bicyclic) bond motifs is 3. The van der Waals surface area contributed by atoms with Crippen molar-refractivity contribution >= 4 is 38.0 Å². The average molecular weight is 435 g/mol. The topological polar surface area (TPSA) is 48.2 Å². The number of nitrogens with zero attached hydrogens (tertiary/aromatic N) is 2. The lowest BCUT2D eigenvalue weighted by atomic mass is 10.2. The zero-order chi connectivity index (χ0) is 19.1. The van der Waals surface area contributed by atoms with Gasteiger partial charge in [-0.3, -0.25) is 0 Å². The molecule has 0 radical (unpaired) electrons. The Labute approximate surface area is 167 Å². The van der Waals surface area contributed by atoms with Crippen LogP contribution in [0.2, 0.25) is 0 Å². The average Bonchev–Trinajstić information content (AvgIpc) is 3.10. The lowest BCUT2D eigenvalue weighted by Gasteiger charge is -2.09. The van der Waals surface area contributed by atoms with Crippen LogP contribution in [-0.2, 0) is 0 Å². The Balaban J connectivity index is 1.76. The van der Waals surface area contributed by atoms with E-state index in [1.54, 1.807) is 0 Å². The van der Waals surface area contributed by atoms with E-state index in [9.17, 15) is 4.39 Å². The molecule has 0 N–H and O–H groups in total. The summed E-state index contributed by atoms with van der Waals surface area (Å²) in [4.78, 5) is 9.30. The van der Waals surface area contributed by atoms with E-state index >= 15 is 0 Å². The molecule has 0 atom stereocenters. The third-order valence-electron chi connectivity index (χ3n) is 4.32. The molecule has 2 aromatic heterocycles. The standard InChI is InChI=1S/C22H12BrFN2O2/c23-16-12-14(24)10-11-18(16)28-22-20-19(15-8-4-5-9-17(15)27-20)25-21(26-22)13-6-2-1-3-7-13/h1-12H. The SMILES string of the molecule is Fc1ccc(Oc2nc(-c3ccccc3)nc3c2oc2ccccc23)c(Br)c1. The molecule has 6 heteroatoms. The highest BCUT2D eigenvalue weighted by Crippen LogP contribution is 2.38. The van der Waals surface area contributed by atoms with Gasteiger partial charge in [-0.05, 0) is 46.3 Å². The summed E-state index contributed by atoms with van der Waals surface area (Å²) in [5.41, 5.74) is 2.66. The lowest BCUT2D eigenvalue weighted by molar-refractivity contribution is 0.452. The number of hydrogen-bond acceptors (Lipinski definition) is 4. The smallest absolute Gasteiger partial charge is 0.267 e. The normalized spacial score (nSPS) is 11.2. The molecule has 0 aliphatic rings. The molecule has 0 amide bonds. The van der Waals surface area contributed by atoms with Crippen molar-refractivity contribution in [2.45, 2.75) is 0 Å². The van der Waals surface area contributed by atoms with Crippen LogP contribution in [0.25, 0.3) is 33.5 Å². The van der Waals surface area contributed by atoms with E-state index < -0.39 is 0 Å². The minimum Gasteiger partial charge on any atom is -0.449 e. The molecule has 5 aromatic rings. The molecule has 136 valence electrons. The Bertz CT molecular complexity index is 1320. The van der Waals surface area contributed by atoms with Gasteiger partial charge < -0.3 is 9.15 Å². The van der Waals surface area contributed by atoms with E-state index in [0.717, 1.165) is 10.9 Å². The Hall–Kier alpha value is -3.25. The molecule has 28 heavy (non-hydrogen) atoms. The van der Waals surface area contributed by atoms with Gasteiger partial charge in [0.15, 0.2) is 5.82 Å². The van der Waals surface area contributed by atoms with Crippen LogP contribution in [0.5, 0.6) is 11.6 Å². The maximum Gasteiger partial charge on any atom is 0.267 e. The van der Waals surface area contributed by atoms with Crippen LogP contribution in [0.3, 0.4) is 0 Å². The van der Waals surface area contributed by atoms with Crippen molar-refractivity contribution in [3.05, 3.63) is 83.1 Å². The van der Waals surface area contributed by atoms with Gasteiger partial charge in [-0.1, -0.05) is 42.5 Å². The van der Waals surface area contributed by atoms with Crippen LogP contribution in [0.1, 0.15) is 0 Å². The van der Waals surface area contributed by atoms with Crippen LogP contribution in [-0.4, -0.2) is 9.97 Å². The first-order valence-corrected chi connectivity index (χ1v) is 9.36. The minimum atomic E-state index is -0.360. The number of benzene rings is 3. The Morgan fingerprint density at radius 3 is 2.50 bits per heavy atom. The van der Waals surface area contributed by atoms with Gasteiger partial charge in [0.2, 0.25) is 5.58 Å². The van der Waals surface area contributed by atoms with E-state index in [1.807, 2.05) is 54.6 Å². The van der Waals surface area contributed by atoms with Crippen molar-refractivity contribution in [3.8, 4) is 23.0 Å². The van der Waals surface area contributed by atoms with Crippen LogP contribution in [0, 0.1) is 5.82 Å². The molecule has 0 saturated carbocycles. The first kappa shape index (κ1) is 16.9. The summed E-state index contributed by atoms with van der Waals surface area (Å²) in [5.74, 6) is 0.863. The van der Waals surface area contributed by atoms with Gasteiger partial charge in [-0.15, -0.1) is 0 Å². The van der Waals surface area contributed by atoms with Crippen molar-refractivity contribution in [2.75, 3.05) is 0 Å². The fourth-order valence-corrected chi connectivity index (χ4v) is 3.45. The maximum absolute atomic E-state index is 13.4. The summed E-state index contributed by atoms with van der Waals surface area (Å²) in [5, 5.41) is 0.875. The van der Waals surface area contributed by atoms with Crippen molar-refractivity contribution in [1.29, 1.82) is 0 Å². The van der Waals surface area contributed by atoms with Crippen LogP contribution in [0.15, 0.2) is 81.7 Å². The van der Waals surface area contributed by atoms with Gasteiger partial charge in [0.25, 0.3) is 5.88 Å². The second-order valence-corrected chi connectivity index (χ2v) is 7.03. The molecule has 0 spiro atoms. The monoisotopic (exact) mass is 434 g/mol. The highest BCUT2D eigenvalue weighted by atomic mass is 79.9. The van der Waals surface area contributed by atoms with Crippen molar-refractivity contribution in [2.24, 2.45) is 0 Å². The molecule has 0 unspecified atom stereocenters. The highest BCUT2D eigenvalue weighted by molar-refractivity contribution is 9.10. The van der Waals surface area contributed by atoms with Crippen molar-refractivity contribution in [3.63, 3.8) is 0 Å². The Kier molecular flexibility index (Phi) is 4.06. The van der Waals surface area contributed by atoms with Crippen LogP contribution >= 0.6 is 15.9 Å². The number of para-hydroxylation sites is 1. The molecule has 0 aliphatic carbocycles. The molecule has 0 fully saturated rings. The zero-order valence-electron chi connectivity index (χ0n) is 14.4. The van der Waals surface area contributed by atoms with Gasteiger partial charge in [0.1, 0.15) is 22.7 Å². The van der Waals surface area contributed by atoms with Gasteiger partial charge in [0, 0.05) is 10.9 Å². The van der Waals surface area contributed by atoms with E-state index in [-0.39, 0.29) is 11.7 Å². The fraction of sp³-hybridized carbons (Fsp3) is 0. The van der Waals surface area contributed by atoms with Gasteiger partial charge in [-0.25, -0.2) is 9.37 Å². The number of halogens is 2. The summed E-state index contributed by atoms with van der Waals surface area (Å²) in [7, 11) is 0. The fourth-order valence-electron chi connectivity index (χ4n) is 3.01. The predicted molar refractivity (Wildman–Crippen MR) is 109 cm³/mol. The largest absolute Gasteiger partial charge is 0.449 e. The molecule has 0 aliphatic heterocycles. The Morgan fingerprint density at radius 1 is 0.893 bits per heavy atom. The molecule has 0 bridgehead atoms. The van der Waals surface area contributed by atoms with Crippen molar-refractivity contribution in [1.82, 2.24) is 9.97 Å². The molecule has 2 heterocycles. The summed E-state index contributed by atoms with van der Waals surface area (Å²) in [6.07, 6.45) is 0. The number of hydrogen-bond donors (Lipinski definition) is 0. The van der Waals surface area contributed by atoms with E-state index in [2.05, 4.69) is 20.9 Å². The van der Waals surface area contributed by atoms with Gasteiger partial charge in [-0.2, -0.15) is 4.98 Å². The summed E-state index contributed by atoms with van der Waals surface area (Å²) < 4.78 is 25.9. The summed E-state index contributed by atoms with van der Waals surface area (Å²) >= 11 is 3.33. The quantitative estimate of drug-likeness (QED) is 0.315. The first-order chi connectivity index (χ1) is 13.7. The highest BCUT2D eigenvalue weighted by Gasteiger charge is 2.19. The molecular weight excluding hydrogens is 423 g/mol. The molecule has 3 aromatic carbocycles. The number of ether oxygens (including phenoxy) is 1. The van der Waals surface area contributed by atoms with Gasteiger partial charge in [0.05, 0.1) is 4.47 Å². The number of furan rings is 1. The Morgan fingerprint density at radius 2 is 1.68 bits per heavy atom. The number of aromatic nitrogens is 2. The van der Waals surface area contributed by atoms with Crippen LogP contribution in [0.4, 0.5) is 4.39 Å². The van der Waals surface area contributed by atoms with Gasteiger partial charge >= 0.3 is 0 Å². The molecular formula is C22H12BrFN2O2. The van der Waals surface area contributed by atoms with E-state index in [4.69, 9.17) is 14.1 Å². The number of rotatable bonds is 3. The van der Waals surface area contributed by atoms with Crippen molar-refractivity contribution < 1.29 is 13.5 Å². The molecule has 5 rings (SSSR count). The van der Waals surface area contributed by atoms with E-state index in [0.29, 0.717) is 32.7 Å². The van der Waals surface area contributed by atoms with E-state index in [1.165, 1.54) is 18.2 Å². The first-order valence-electron chi connectivity index (χ1n) is 8.56. The molecule has 4 nitrogen and oxygen atoms in total. The third kappa shape index (κ3) is 2.92. The minimum absolute atomic E-state index is 0.271. The third-order valence-corrected chi connectivity index (χ3v) is 4.94. The molecule has 0 saturated heterocycles. The predicted octanol–water partition coefficient (Wildman–Crippen LogP) is 6.74.